The van der Waals surface area contributed by atoms with Crippen LogP contribution in [-0.2, 0) is 22.6 Å². The van der Waals surface area contributed by atoms with Crippen LogP contribution in [0.15, 0.2) is 51.7 Å². The molecule has 0 radical (unpaired) electrons. The zero-order valence-corrected chi connectivity index (χ0v) is 16.5. The van der Waals surface area contributed by atoms with Gasteiger partial charge in [-0.25, -0.2) is 9.78 Å². The Morgan fingerprint density at radius 3 is 2.75 bits per heavy atom. The van der Waals surface area contributed by atoms with Crippen molar-refractivity contribution in [1.82, 2.24) is 4.98 Å². The van der Waals surface area contributed by atoms with E-state index < -0.39 is 5.63 Å². The minimum atomic E-state index is -0.448. The fourth-order valence-corrected chi connectivity index (χ4v) is 4.04. The lowest BCUT2D eigenvalue weighted by Crippen LogP contribution is -2.08. The van der Waals surface area contributed by atoms with Crippen molar-refractivity contribution in [3.63, 3.8) is 0 Å². The first-order valence-corrected chi connectivity index (χ1v) is 9.85. The number of thiazole rings is 1. The van der Waals surface area contributed by atoms with Crippen LogP contribution in [0.3, 0.4) is 0 Å². The van der Waals surface area contributed by atoms with Crippen molar-refractivity contribution in [3.8, 4) is 0 Å². The van der Waals surface area contributed by atoms with E-state index in [9.17, 15) is 9.59 Å². The molecule has 2 heterocycles. The highest BCUT2D eigenvalue weighted by Crippen LogP contribution is 2.24. The number of esters is 1. The second kappa shape index (κ2) is 7.56. The van der Waals surface area contributed by atoms with Gasteiger partial charge in [0.05, 0.1) is 21.6 Å². The Labute approximate surface area is 165 Å². The summed E-state index contributed by atoms with van der Waals surface area (Å²) in [6.07, 6.45) is 0.783. The number of hydrogen-bond acceptors (Lipinski definition) is 6. The predicted molar refractivity (Wildman–Crippen MR) is 110 cm³/mol. The van der Waals surface area contributed by atoms with E-state index in [1.54, 1.807) is 11.3 Å². The maximum absolute atomic E-state index is 12.2. The molecule has 142 valence electrons. The summed E-state index contributed by atoms with van der Waals surface area (Å²) in [7, 11) is 0. The van der Waals surface area contributed by atoms with Gasteiger partial charge in [0, 0.05) is 23.4 Å². The van der Waals surface area contributed by atoms with Crippen LogP contribution in [0.4, 0.5) is 0 Å². The first-order chi connectivity index (χ1) is 13.5. The third-order valence-electron chi connectivity index (χ3n) is 4.71. The molecule has 4 aromatic rings. The Kier molecular flexibility index (Phi) is 4.96. The highest BCUT2D eigenvalue weighted by atomic mass is 32.1. The largest absolute Gasteiger partial charge is 0.461 e. The smallest absolute Gasteiger partial charge is 0.336 e. The van der Waals surface area contributed by atoms with Crippen molar-refractivity contribution in [2.75, 3.05) is 0 Å². The highest BCUT2D eigenvalue weighted by molar-refractivity contribution is 7.18. The molecule has 4 rings (SSSR count). The number of aromatic nitrogens is 1. The lowest BCUT2D eigenvalue weighted by atomic mass is 10.0. The summed E-state index contributed by atoms with van der Waals surface area (Å²) in [5, 5.41) is 1.71. The summed E-state index contributed by atoms with van der Waals surface area (Å²) in [5.41, 5.74) is 3.80. The van der Waals surface area contributed by atoms with Crippen molar-refractivity contribution in [1.29, 1.82) is 0 Å². The molecule has 0 aliphatic carbocycles. The molecule has 0 saturated heterocycles. The third-order valence-corrected chi connectivity index (χ3v) is 5.81. The maximum atomic E-state index is 12.2. The van der Waals surface area contributed by atoms with Crippen LogP contribution in [-0.4, -0.2) is 11.0 Å². The average molecular weight is 393 g/mol. The van der Waals surface area contributed by atoms with E-state index in [4.69, 9.17) is 9.15 Å². The standard InChI is InChI=1S/C22H19NO4S/c1-13-9-16-15(11-22(25)27-18(16)10-14(13)2)12-26-21(24)8-7-20-23-17-5-3-4-6-19(17)28-20/h3-6,9-11H,7-8,12H2,1-2H3. The van der Waals surface area contributed by atoms with E-state index in [1.165, 1.54) is 6.07 Å². The summed E-state index contributed by atoms with van der Waals surface area (Å²) < 4.78 is 11.8. The van der Waals surface area contributed by atoms with E-state index in [1.807, 2.05) is 50.2 Å². The number of hydrogen-bond donors (Lipinski definition) is 0. The fourth-order valence-electron chi connectivity index (χ4n) is 3.07. The van der Waals surface area contributed by atoms with Gasteiger partial charge in [0.15, 0.2) is 0 Å². The van der Waals surface area contributed by atoms with Crippen molar-refractivity contribution in [3.05, 3.63) is 74.6 Å². The Hall–Kier alpha value is -2.99. The Morgan fingerprint density at radius 2 is 1.93 bits per heavy atom. The number of ether oxygens (including phenoxy) is 1. The van der Waals surface area contributed by atoms with Gasteiger partial charge in [-0.1, -0.05) is 12.1 Å². The predicted octanol–water partition coefficient (Wildman–Crippen LogP) is 4.70. The van der Waals surface area contributed by atoms with E-state index in [2.05, 4.69) is 4.98 Å². The van der Waals surface area contributed by atoms with E-state index >= 15 is 0 Å². The fraction of sp³-hybridized carbons (Fsp3) is 0.227. The number of aryl methyl sites for hydroxylation is 3. The molecule has 0 unspecified atom stereocenters. The van der Waals surface area contributed by atoms with Gasteiger partial charge in [-0.05, 0) is 49.2 Å². The molecule has 5 nitrogen and oxygen atoms in total. The minimum absolute atomic E-state index is 0.0449. The van der Waals surface area contributed by atoms with Crippen LogP contribution in [0, 0.1) is 13.8 Å². The van der Waals surface area contributed by atoms with Crippen LogP contribution in [0.1, 0.15) is 28.1 Å². The molecule has 6 heteroatoms. The van der Waals surface area contributed by atoms with Crippen LogP contribution in [0.5, 0.6) is 0 Å². The van der Waals surface area contributed by atoms with Gasteiger partial charge >= 0.3 is 11.6 Å². The lowest BCUT2D eigenvalue weighted by molar-refractivity contribution is -0.144. The minimum Gasteiger partial charge on any atom is -0.461 e. The number of fused-ring (bicyclic) bond motifs is 2. The van der Waals surface area contributed by atoms with Crippen LogP contribution < -0.4 is 5.63 Å². The van der Waals surface area contributed by atoms with Crippen molar-refractivity contribution in [2.45, 2.75) is 33.3 Å². The Bertz CT molecular complexity index is 1210. The molecule has 2 aromatic heterocycles. The molecular formula is C22H19NO4S. The zero-order chi connectivity index (χ0) is 19.7. The van der Waals surface area contributed by atoms with E-state index in [0.29, 0.717) is 17.6 Å². The van der Waals surface area contributed by atoms with E-state index in [-0.39, 0.29) is 19.0 Å². The van der Waals surface area contributed by atoms with E-state index in [0.717, 1.165) is 31.7 Å². The van der Waals surface area contributed by atoms with Crippen LogP contribution in [0.2, 0.25) is 0 Å². The molecule has 2 aromatic carbocycles. The van der Waals surface area contributed by atoms with Gasteiger partial charge in [-0.15, -0.1) is 11.3 Å². The number of rotatable bonds is 5. The molecule has 0 N–H and O–H groups in total. The number of benzene rings is 2. The molecule has 0 bridgehead atoms. The molecule has 0 spiro atoms. The first-order valence-electron chi connectivity index (χ1n) is 9.03. The summed E-state index contributed by atoms with van der Waals surface area (Å²) in [4.78, 5) is 28.6. The van der Waals surface area contributed by atoms with Gasteiger partial charge in [0.25, 0.3) is 0 Å². The Balaban J connectivity index is 1.44. The van der Waals surface area contributed by atoms with Crippen molar-refractivity contribution in [2.24, 2.45) is 0 Å². The van der Waals surface area contributed by atoms with Crippen molar-refractivity contribution < 1.29 is 13.9 Å². The average Bonchev–Trinajstić information content (AvgIpc) is 3.09. The SMILES string of the molecule is Cc1cc2oc(=O)cc(COC(=O)CCc3nc4ccccc4s3)c2cc1C. The van der Waals surface area contributed by atoms with Gasteiger partial charge in [-0.2, -0.15) is 0 Å². The molecule has 28 heavy (non-hydrogen) atoms. The zero-order valence-electron chi connectivity index (χ0n) is 15.7. The normalized spacial score (nSPS) is 11.2. The number of carbonyl (C=O) groups excluding carboxylic acids is 1. The summed E-state index contributed by atoms with van der Waals surface area (Å²) in [6, 6.07) is 13.1. The van der Waals surface area contributed by atoms with Gasteiger partial charge in [-0.3, -0.25) is 4.79 Å². The molecule has 0 fully saturated rings. The summed E-state index contributed by atoms with van der Waals surface area (Å²) in [5.74, 6) is -0.315. The second-order valence-corrected chi connectivity index (χ2v) is 7.87. The van der Waals surface area contributed by atoms with Gasteiger partial charge in [0.2, 0.25) is 0 Å². The van der Waals surface area contributed by atoms with Gasteiger partial charge < -0.3 is 9.15 Å². The van der Waals surface area contributed by atoms with Crippen LogP contribution >= 0.6 is 11.3 Å². The van der Waals surface area contributed by atoms with Gasteiger partial charge in [0.1, 0.15) is 12.2 Å². The second-order valence-electron chi connectivity index (χ2n) is 6.76. The molecule has 0 amide bonds. The quantitative estimate of drug-likeness (QED) is 0.363. The summed E-state index contributed by atoms with van der Waals surface area (Å²) >= 11 is 1.59. The maximum Gasteiger partial charge on any atom is 0.336 e. The number of nitrogens with zero attached hydrogens (tertiary/aromatic N) is 1. The molecule has 0 aliphatic rings. The molecule has 0 aliphatic heterocycles. The number of para-hydroxylation sites is 1. The topological polar surface area (TPSA) is 69.4 Å². The molecule has 0 atom stereocenters. The highest BCUT2D eigenvalue weighted by Gasteiger charge is 2.12. The molecule has 0 saturated carbocycles. The summed E-state index contributed by atoms with van der Waals surface area (Å²) in [6.45, 7) is 4.00. The third kappa shape index (κ3) is 3.82. The molecular weight excluding hydrogens is 374 g/mol. The Morgan fingerprint density at radius 1 is 1.14 bits per heavy atom. The number of carbonyl (C=O) groups is 1. The van der Waals surface area contributed by atoms with Crippen LogP contribution in [0.25, 0.3) is 21.2 Å². The lowest BCUT2D eigenvalue weighted by Gasteiger charge is -2.09. The first kappa shape index (κ1) is 18.4. The monoisotopic (exact) mass is 393 g/mol. The van der Waals surface area contributed by atoms with Crippen molar-refractivity contribution >= 4 is 38.5 Å².